The van der Waals surface area contributed by atoms with Crippen LogP contribution in [0.25, 0.3) is 10.9 Å². The van der Waals surface area contributed by atoms with Crippen LogP contribution in [0.2, 0.25) is 0 Å². The van der Waals surface area contributed by atoms with Gasteiger partial charge < -0.3 is 0 Å². The van der Waals surface area contributed by atoms with Crippen molar-refractivity contribution in [3.8, 4) is 0 Å². The first kappa shape index (κ1) is 11.1. The minimum Gasteiger partial charge on any atom is -0.253 e. The second kappa shape index (κ2) is 4.25. The van der Waals surface area contributed by atoms with E-state index in [-0.39, 0.29) is 0 Å². The predicted molar refractivity (Wildman–Crippen MR) is 69.9 cm³/mol. The Kier molecular flexibility index (Phi) is 2.95. The average molecular weight is 213 g/mol. The third-order valence-corrected chi connectivity index (χ3v) is 3.06. The number of nitrogens with zero attached hydrogens (tertiary/aromatic N) is 1. The Labute approximate surface area is 97.5 Å². The summed E-state index contributed by atoms with van der Waals surface area (Å²) in [5.41, 5.74) is 5.04. The Hall–Kier alpha value is -1.37. The molecule has 0 saturated carbocycles. The van der Waals surface area contributed by atoms with Gasteiger partial charge in [-0.1, -0.05) is 26.8 Å². The lowest BCUT2D eigenvalue weighted by molar-refractivity contribution is 0.871. The number of fused-ring (bicyclic) bond motifs is 1. The van der Waals surface area contributed by atoms with Gasteiger partial charge in [-0.05, 0) is 48.6 Å². The molecule has 0 aliphatic heterocycles. The summed E-state index contributed by atoms with van der Waals surface area (Å²) in [5.74, 6) is 0.552. The normalized spacial score (nSPS) is 11.3. The van der Waals surface area contributed by atoms with Gasteiger partial charge in [0.2, 0.25) is 0 Å². The Bertz CT molecular complexity index is 512. The highest BCUT2D eigenvalue weighted by Gasteiger charge is 2.07. The molecule has 16 heavy (non-hydrogen) atoms. The molecule has 0 atom stereocenters. The van der Waals surface area contributed by atoms with Crippen molar-refractivity contribution in [3.05, 3.63) is 41.1 Å². The second-order valence-corrected chi connectivity index (χ2v) is 4.71. The highest BCUT2D eigenvalue weighted by molar-refractivity contribution is 5.83. The monoisotopic (exact) mass is 213 g/mol. The van der Waals surface area contributed by atoms with Crippen LogP contribution in [0.4, 0.5) is 0 Å². The number of rotatable bonds is 2. The standard InChI is InChI=1S/C15H19N/c1-5-12-6-7-15-14(9-12)13(10(2)3)8-11(4)16-15/h6-10H,5H2,1-4H3. The number of hydrogen-bond donors (Lipinski definition) is 0. The van der Waals surface area contributed by atoms with Crippen LogP contribution in [0.1, 0.15) is 43.5 Å². The van der Waals surface area contributed by atoms with Gasteiger partial charge in [-0.3, -0.25) is 4.98 Å². The Morgan fingerprint density at radius 2 is 1.94 bits per heavy atom. The number of benzene rings is 1. The smallest absolute Gasteiger partial charge is 0.0708 e. The van der Waals surface area contributed by atoms with Crippen LogP contribution < -0.4 is 0 Å². The second-order valence-electron chi connectivity index (χ2n) is 4.71. The number of pyridine rings is 1. The highest BCUT2D eigenvalue weighted by Crippen LogP contribution is 2.26. The number of aryl methyl sites for hydroxylation is 2. The van der Waals surface area contributed by atoms with Crippen LogP contribution in [0.3, 0.4) is 0 Å². The molecule has 1 heterocycles. The maximum absolute atomic E-state index is 4.59. The Morgan fingerprint density at radius 1 is 1.19 bits per heavy atom. The van der Waals surface area contributed by atoms with Crippen LogP contribution in [-0.2, 0) is 6.42 Å². The van der Waals surface area contributed by atoms with Crippen LogP contribution >= 0.6 is 0 Å². The zero-order valence-electron chi connectivity index (χ0n) is 10.5. The van der Waals surface area contributed by atoms with E-state index in [9.17, 15) is 0 Å². The van der Waals surface area contributed by atoms with Gasteiger partial charge in [0.05, 0.1) is 5.52 Å². The third-order valence-electron chi connectivity index (χ3n) is 3.06. The van der Waals surface area contributed by atoms with Crippen molar-refractivity contribution >= 4 is 10.9 Å². The molecule has 0 bridgehead atoms. The fraction of sp³-hybridized carbons (Fsp3) is 0.400. The van der Waals surface area contributed by atoms with E-state index in [1.807, 2.05) is 0 Å². The van der Waals surface area contributed by atoms with Crippen molar-refractivity contribution in [2.24, 2.45) is 0 Å². The molecule has 1 heteroatoms. The van der Waals surface area contributed by atoms with Gasteiger partial charge in [0, 0.05) is 11.1 Å². The summed E-state index contributed by atoms with van der Waals surface area (Å²) in [6, 6.07) is 8.83. The SMILES string of the molecule is CCc1ccc2nc(C)cc(C(C)C)c2c1. The lowest BCUT2D eigenvalue weighted by atomic mass is 9.96. The molecule has 0 unspecified atom stereocenters. The van der Waals surface area contributed by atoms with Gasteiger partial charge in [-0.25, -0.2) is 0 Å². The van der Waals surface area contributed by atoms with Gasteiger partial charge in [0.15, 0.2) is 0 Å². The van der Waals surface area contributed by atoms with Crippen molar-refractivity contribution in [2.45, 2.75) is 40.0 Å². The van der Waals surface area contributed by atoms with Crippen molar-refractivity contribution in [1.29, 1.82) is 0 Å². The third kappa shape index (κ3) is 1.95. The van der Waals surface area contributed by atoms with Crippen molar-refractivity contribution < 1.29 is 0 Å². The number of hydrogen-bond acceptors (Lipinski definition) is 1. The minimum absolute atomic E-state index is 0.552. The molecule has 1 aromatic carbocycles. The molecule has 84 valence electrons. The van der Waals surface area contributed by atoms with E-state index < -0.39 is 0 Å². The van der Waals surface area contributed by atoms with Crippen LogP contribution in [0.5, 0.6) is 0 Å². The summed E-state index contributed by atoms with van der Waals surface area (Å²) in [4.78, 5) is 4.59. The van der Waals surface area contributed by atoms with E-state index >= 15 is 0 Å². The molecule has 0 fully saturated rings. The summed E-state index contributed by atoms with van der Waals surface area (Å²) < 4.78 is 0. The molecule has 2 aromatic rings. The molecule has 1 aromatic heterocycles. The van der Waals surface area contributed by atoms with E-state index in [2.05, 4.69) is 56.9 Å². The van der Waals surface area contributed by atoms with E-state index in [1.165, 1.54) is 16.5 Å². The maximum Gasteiger partial charge on any atom is 0.0708 e. The molecule has 0 radical (unpaired) electrons. The molecule has 0 saturated heterocycles. The topological polar surface area (TPSA) is 12.9 Å². The summed E-state index contributed by atoms with van der Waals surface area (Å²) in [6.07, 6.45) is 1.08. The molecule has 1 nitrogen and oxygen atoms in total. The Balaban J connectivity index is 2.75. The first-order valence-corrected chi connectivity index (χ1v) is 6.02. The molecule has 2 rings (SSSR count). The predicted octanol–water partition coefficient (Wildman–Crippen LogP) is 4.23. The van der Waals surface area contributed by atoms with Crippen molar-refractivity contribution in [2.75, 3.05) is 0 Å². The molecular formula is C15H19N. The van der Waals surface area contributed by atoms with Gasteiger partial charge >= 0.3 is 0 Å². The highest BCUT2D eigenvalue weighted by atomic mass is 14.7. The largest absolute Gasteiger partial charge is 0.253 e. The molecule has 0 amide bonds. The molecule has 0 aliphatic rings. The van der Waals surface area contributed by atoms with E-state index in [0.29, 0.717) is 5.92 Å². The summed E-state index contributed by atoms with van der Waals surface area (Å²) >= 11 is 0. The Morgan fingerprint density at radius 3 is 2.56 bits per heavy atom. The van der Waals surface area contributed by atoms with Gasteiger partial charge in [-0.15, -0.1) is 0 Å². The van der Waals surface area contributed by atoms with Gasteiger partial charge in [0.1, 0.15) is 0 Å². The first-order chi connectivity index (χ1) is 7.61. The molecular weight excluding hydrogens is 194 g/mol. The fourth-order valence-corrected chi connectivity index (χ4v) is 2.13. The summed E-state index contributed by atoms with van der Waals surface area (Å²) in [6.45, 7) is 8.75. The summed E-state index contributed by atoms with van der Waals surface area (Å²) in [5, 5.41) is 1.32. The number of aromatic nitrogens is 1. The van der Waals surface area contributed by atoms with Crippen LogP contribution in [0, 0.1) is 6.92 Å². The van der Waals surface area contributed by atoms with E-state index in [0.717, 1.165) is 17.6 Å². The van der Waals surface area contributed by atoms with Gasteiger partial charge in [-0.2, -0.15) is 0 Å². The maximum atomic E-state index is 4.59. The van der Waals surface area contributed by atoms with Crippen LogP contribution in [0.15, 0.2) is 24.3 Å². The molecule has 0 spiro atoms. The minimum atomic E-state index is 0.552. The average Bonchev–Trinajstić information content (AvgIpc) is 2.27. The van der Waals surface area contributed by atoms with Crippen molar-refractivity contribution in [1.82, 2.24) is 4.98 Å². The van der Waals surface area contributed by atoms with Crippen LogP contribution in [-0.4, -0.2) is 4.98 Å². The molecule has 0 N–H and O–H groups in total. The quantitative estimate of drug-likeness (QED) is 0.727. The lowest BCUT2D eigenvalue weighted by Crippen LogP contribution is -1.95. The fourth-order valence-electron chi connectivity index (χ4n) is 2.13. The molecule has 0 aliphatic carbocycles. The zero-order valence-corrected chi connectivity index (χ0v) is 10.5. The first-order valence-electron chi connectivity index (χ1n) is 6.02. The summed E-state index contributed by atoms with van der Waals surface area (Å²) in [7, 11) is 0. The zero-order chi connectivity index (χ0) is 11.7. The lowest BCUT2D eigenvalue weighted by Gasteiger charge is -2.12. The van der Waals surface area contributed by atoms with E-state index in [1.54, 1.807) is 0 Å². The van der Waals surface area contributed by atoms with Gasteiger partial charge in [0.25, 0.3) is 0 Å². The van der Waals surface area contributed by atoms with E-state index in [4.69, 9.17) is 0 Å². The van der Waals surface area contributed by atoms with Crippen molar-refractivity contribution in [3.63, 3.8) is 0 Å².